The fraction of sp³-hybridized carbons (Fsp3) is 1.00. The van der Waals surface area contributed by atoms with E-state index in [1.54, 1.807) is 0 Å². The van der Waals surface area contributed by atoms with Gasteiger partial charge in [0.05, 0.1) is 14.0 Å². The molecule has 1 unspecified atom stereocenters. The predicted molar refractivity (Wildman–Crippen MR) is 68.9 cm³/mol. The Morgan fingerprint density at radius 2 is 2.00 bits per heavy atom. The second-order valence-corrected chi connectivity index (χ2v) is 8.86. The average Bonchev–Trinajstić information content (AvgIpc) is 2.29. The molecule has 2 N–H and O–H groups in total. The van der Waals surface area contributed by atoms with E-state index in [9.17, 15) is 0 Å². The van der Waals surface area contributed by atoms with Gasteiger partial charge in [0.25, 0.3) is 0 Å². The number of hydrogen-bond acceptors (Lipinski definition) is 2. The summed E-state index contributed by atoms with van der Waals surface area (Å²) >= 11 is 0. The van der Waals surface area contributed by atoms with Gasteiger partial charge >= 0.3 is 0 Å². The molecule has 0 bridgehead atoms. The van der Waals surface area contributed by atoms with Gasteiger partial charge in [0.15, 0.2) is 0 Å². The Morgan fingerprint density at radius 3 is 2.47 bits per heavy atom. The van der Waals surface area contributed by atoms with Crippen molar-refractivity contribution in [3.63, 3.8) is 0 Å². The minimum absolute atomic E-state index is 0.307. The zero-order valence-corrected chi connectivity index (χ0v) is 11.6. The lowest BCUT2D eigenvalue weighted by Gasteiger charge is -2.42. The van der Waals surface area contributed by atoms with E-state index < -0.39 is 8.80 Å². The van der Waals surface area contributed by atoms with Crippen molar-refractivity contribution in [1.82, 2.24) is 0 Å². The maximum atomic E-state index is 6.22. The number of hydrogen-bond donors (Lipinski definition) is 1. The monoisotopic (exact) mass is 229 g/mol. The van der Waals surface area contributed by atoms with Crippen molar-refractivity contribution >= 4 is 8.80 Å². The van der Waals surface area contributed by atoms with Gasteiger partial charge in [0, 0.05) is 6.61 Å². The van der Waals surface area contributed by atoms with E-state index in [2.05, 4.69) is 13.8 Å². The van der Waals surface area contributed by atoms with Crippen LogP contribution in [0.15, 0.2) is 0 Å². The maximum absolute atomic E-state index is 6.22. The Labute approximate surface area is 96.2 Å². The Morgan fingerprint density at radius 1 is 1.27 bits per heavy atom. The van der Waals surface area contributed by atoms with Crippen LogP contribution in [0.1, 0.15) is 46.0 Å². The van der Waals surface area contributed by atoms with Crippen LogP contribution in [-0.4, -0.2) is 27.2 Å². The molecule has 90 valence electrons. The molecule has 15 heavy (non-hydrogen) atoms. The largest absolute Gasteiger partial charge is 0.379 e. The van der Waals surface area contributed by atoms with Crippen LogP contribution in [-0.2, 0) is 4.74 Å². The fourth-order valence-corrected chi connectivity index (χ4v) is 6.67. The fourth-order valence-electron chi connectivity index (χ4n) is 3.03. The highest BCUT2D eigenvalue weighted by molar-refractivity contribution is 6.61. The third-order valence-corrected chi connectivity index (χ3v) is 8.12. The Balaban J connectivity index is 2.64. The van der Waals surface area contributed by atoms with Crippen molar-refractivity contribution in [3.05, 3.63) is 0 Å². The topological polar surface area (TPSA) is 35.2 Å². The summed E-state index contributed by atoms with van der Waals surface area (Å²) in [4.78, 5) is 0. The number of rotatable bonds is 6. The quantitative estimate of drug-likeness (QED) is 0.710. The molecule has 0 aromatic heterocycles. The molecule has 0 aliphatic carbocycles. The first-order chi connectivity index (χ1) is 7.29. The van der Waals surface area contributed by atoms with E-state index >= 15 is 0 Å². The van der Waals surface area contributed by atoms with Gasteiger partial charge in [-0.1, -0.05) is 25.9 Å². The summed E-state index contributed by atoms with van der Waals surface area (Å²) in [5.41, 5.74) is 5.65. The van der Waals surface area contributed by atoms with Crippen LogP contribution < -0.4 is 5.73 Å². The lowest BCUT2D eigenvalue weighted by atomic mass is 10.0. The van der Waals surface area contributed by atoms with Crippen LogP contribution in [0.25, 0.3) is 0 Å². The second kappa shape index (κ2) is 6.66. The summed E-state index contributed by atoms with van der Waals surface area (Å²) in [6.45, 7) is 6.51. The van der Waals surface area contributed by atoms with Crippen molar-refractivity contribution < 1.29 is 4.74 Å². The molecule has 1 heterocycles. The van der Waals surface area contributed by atoms with Crippen LogP contribution in [0.5, 0.6) is 0 Å². The molecular formula is C12H27NOSi. The summed E-state index contributed by atoms with van der Waals surface area (Å²) in [7, 11) is -0.719. The molecule has 3 heteroatoms. The van der Waals surface area contributed by atoms with Crippen molar-refractivity contribution in [3.8, 4) is 0 Å². The molecule has 0 aromatic rings. The highest BCUT2D eigenvalue weighted by Crippen LogP contribution is 2.34. The van der Waals surface area contributed by atoms with Crippen molar-refractivity contribution in [2.45, 2.75) is 63.3 Å². The van der Waals surface area contributed by atoms with E-state index in [1.165, 1.54) is 37.8 Å². The van der Waals surface area contributed by atoms with Gasteiger partial charge in [0.2, 0.25) is 0 Å². The van der Waals surface area contributed by atoms with Crippen LogP contribution in [0.4, 0.5) is 0 Å². The van der Waals surface area contributed by atoms with Crippen LogP contribution in [0.2, 0.25) is 12.1 Å². The average molecular weight is 229 g/mol. The number of nitrogens with two attached hydrogens (primary N) is 1. The summed E-state index contributed by atoms with van der Waals surface area (Å²) < 4.78 is 6.22. The minimum atomic E-state index is -0.719. The zero-order chi connectivity index (χ0) is 11.1. The van der Waals surface area contributed by atoms with E-state index in [1.807, 2.05) is 0 Å². The van der Waals surface area contributed by atoms with Crippen molar-refractivity contribution in [2.75, 3.05) is 13.2 Å². The molecule has 0 aromatic carbocycles. The lowest BCUT2D eigenvalue weighted by molar-refractivity contribution is -0.0295. The molecule has 1 fully saturated rings. The van der Waals surface area contributed by atoms with Crippen molar-refractivity contribution in [2.24, 2.45) is 5.73 Å². The van der Waals surface area contributed by atoms with E-state index in [4.69, 9.17) is 10.5 Å². The zero-order valence-electron chi connectivity index (χ0n) is 10.4. The molecule has 1 aliphatic heterocycles. The standard InChI is InChI=1S/C12H27NOSi/c1-3-15(4-2)12(9-7-10-13)8-5-6-11-14-12/h15H,3-11,13H2,1-2H3. The highest BCUT2D eigenvalue weighted by Gasteiger charge is 2.39. The molecule has 2 nitrogen and oxygen atoms in total. The minimum Gasteiger partial charge on any atom is -0.379 e. The van der Waals surface area contributed by atoms with Crippen LogP contribution in [0, 0.1) is 0 Å². The molecule has 0 radical (unpaired) electrons. The second-order valence-electron chi connectivity index (χ2n) is 4.78. The first-order valence-electron chi connectivity index (χ1n) is 6.63. The third kappa shape index (κ3) is 3.30. The highest BCUT2D eigenvalue weighted by atomic mass is 28.3. The van der Waals surface area contributed by atoms with E-state index in [0.717, 1.165) is 19.6 Å². The third-order valence-electron chi connectivity index (χ3n) is 3.92. The molecule has 0 saturated carbocycles. The van der Waals surface area contributed by atoms with Gasteiger partial charge in [-0.05, 0) is 38.6 Å². The molecule has 0 amide bonds. The Bertz CT molecular complexity index is 165. The number of ether oxygens (including phenoxy) is 1. The van der Waals surface area contributed by atoms with Gasteiger partial charge in [0.1, 0.15) is 0 Å². The van der Waals surface area contributed by atoms with Gasteiger partial charge in [-0.25, -0.2) is 0 Å². The van der Waals surface area contributed by atoms with E-state index in [0.29, 0.717) is 5.22 Å². The lowest BCUT2D eigenvalue weighted by Crippen LogP contribution is -2.50. The summed E-state index contributed by atoms with van der Waals surface area (Å²) in [5.74, 6) is 0. The van der Waals surface area contributed by atoms with Gasteiger partial charge in [-0.15, -0.1) is 0 Å². The molecule has 1 atom stereocenters. The van der Waals surface area contributed by atoms with Crippen LogP contribution >= 0.6 is 0 Å². The Kier molecular flexibility index (Phi) is 5.86. The normalized spacial score (nSPS) is 27.2. The van der Waals surface area contributed by atoms with E-state index in [-0.39, 0.29) is 0 Å². The molecular weight excluding hydrogens is 202 g/mol. The first-order valence-corrected chi connectivity index (χ1v) is 8.84. The molecule has 1 rings (SSSR count). The maximum Gasteiger partial charge on any atom is 0.0750 e. The van der Waals surface area contributed by atoms with Gasteiger partial charge in [-0.3, -0.25) is 0 Å². The van der Waals surface area contributed by atoms with Gasteiger partial charge < -0.3 is 10.5 Å². The summed E-state index contributed by atoms with van der Waals surface area (Å²) in [5, 5.41) is 0.307. The Hall–Kier alpha value is 0.137. The van der Waals surface area contributed by atoms with Crippen molar-refractivity contribution in [1.29, 1.82) is 0 Å². The molecule has 1 aliphatic rings. The summed E-state index contributed by atoms with van der Waals surface area (Å²) in [6.07, 6.45) is 6.31. The summed E-state index contributed by atoms with van der Waals surface area (Å²) in [6, 6.07) is 2.75. The van der Waals surface area contributed by atoms with Gasteiger partial charge in [-0.2, -0.15) is 0 Å². The SMILES string of the molecule is CC[SiH](CC)C1(CCCN)CCCCO1. The first kappa shape index (κ1) is 13.2. The van der Waals surface area contributed by atoms with Crippen LogP contribution in [0.3, 0.4) is 0 Å². The smallest absolute Gasteiger partial charge is 0.0750 e. The molecule has 1 saturated heterocycles. The predicted octanol–water partition coefficient (Wildman–Crippen LogP) is 2.47. The molecule has 0 spiro atoms.